The molecule has 1 heterocycles. The van der Waals surface area contributed by atoms with E-state index < -0.39 is 16.4 Å². The number of rotatable bonds is 6. The standard InChI is InChI=1S/C25H30O2Si2/c1-28(2,3)27-14-13-26-23-12-8-11-19(23)22-16-20-18-10-7-6-9-17(18)15-21(20)24-25(22)29(24,4)5/h6-10,12,16H,11,13-15H2,1-5H3. The first-order chi connectivity index (χ1) is 13.8. The molecule has 0 saturated heterocycles. The van der Waals surface area contributed by atoms with E-state index in [4.69, 9.17) is 9.16 Å². The molecule has 4 heteroatoms. The van der Waals surface area contributed by atoms with E-state index >= 15 is 0 Å². The predicted octanol–water partition coefficient (Wildman–Crippen LogP) is 4.93. The van der Waals surface area contributed by atoms with Gasteiger partial charge in [0.2, 0.25) is 0 Å². The third-order valence-corrected chi connectivity index (χ3v) is 10.8. The minimum atomic E-state index is -1.49. The number of fused-ring (bicyclic) bond motifs is 5. The molecule has 2 aromatic carbocycles. The summed E-state index contributed by atoms with van der Waals surface area (Å²) >= 11 is 0. The van der Waals surface area contributed by atoms with Crippen molar-refractivity contribution in [3.8, 4) is 11.1 Å². The molecule has 29 heavy (non-hydrogen) atoms. The molecule has 150 valence electrons. The fourth-order valence-electron chi connectivity index (χ4n) is 5.06. The maximum Gasteiger partial charge on any atom is 0.183 e. The highest BCUT2D eigenvalue weighted by atomic mass is 28.4. The summed E-state index contributed by atoms with van der Waals surface area (Å²) in [7, 11) is -2.92. The van der Waals surface area contributed by atoms with E-state index in [0.29, 0.717) is 13.2 Å². The summed E-state index contributed by atoms with van der Waals surface area (Å²) in [6.45, 7) is 13.0. The van der Waals surface area contributed by atoms with Crippen molar-refractivity contribution in [1.29, 1.82) is 0 Å². The molecule has 3 aliphatic rings. The van der Waals surface area contributed by atoms with Gasteiger partial charge in [-0.2, -0.15) is 0 Å². The van der Waals surface area contributed by atoms with E-state index in [1.807, 2.05) is 0 Å². The van der Waals surface area contributed by atoms with Crippen LogP contribution in [0.1, 0.15) is 23.1 Å². The van der Waals surface area contributed by atoms with Crippen LogP contribution in [-0.2, 0) is 15.6 Å². The van der Waals surface area contributed by atoms with Gasteiger partial charge in [0.15, 0.2) is 8.32 Å². The smallest absolute Gasteiger partial charge is 0.183 e. The van der Waals surface area contributed by atoms with E-state index in [1.165, 1.54) is 27.8 Å². The molecule has 0 unspecified atom stereocenters. The monoisotopic (exact) mass is 418 g/mol. The lowest BCUT2D eigenvalue weighted by Gasteiger charge is -2.18. The molecule has 0 atom stereocenters. The summed E-state index contributed by atoms with van der Waals surface area (Å²) in [6, 6.07) is 11.4. The number of hydrogen-bond donors (Lipinski definition) is 0. The molecule has 2 nitrogen and oxygen atoms in total. The SMILES string of the molecule is C[Si](C)(C)OCCOC1=C(c2cc3c(c4c2[Si]4(C)C)Cc2ccccc2-3)CC=C1. The van der Waals surface area contributed by atoms with Gasteiger partial charge in [-0.15, -0.1) is 0 Å². The molecule has 0 saturated carbocycles. The topological polar surface area (TPSA) is 18.5 Å². The van der Waals surface area contributed by atoms with Gasteiger partial charge in [0.05, 0.1) is 6.61 Å². The zero-order valence-corrected chi connectivity index (χ0v) is 20.2. The van der Waals surface area contributed by atoms with Crippen LogP contribution in [0.25, 0.3) is 16.7 Å². The first kappa shape index (κ1) is 19.1. The lowest BCUT2D eigenvalue weighted by Crippen LogP contribution is -2.27. The second kappa shape index (κ2) is 6.56. The second-order valence-electron chi connectivity index (χ2n) is 9.92. The lowest BCUT2D eigenvalue weighted by molar-refractivity contribution is 0.162. The van der Waals surface area contributed by atoms with Crippen LogP contribution in [0.3, 0.4) is 0 Å². The third-order valence-electron chi connectivity index (χ3n) is 6.39. The van der Waals surface area contributed by atoms with Crippen LogP contribution in [0.5, 0.6) is 0 Å². The molecule has 1 aliphatic heterocycles. The van der Waals surface area contributed by atoms with Crippen molar-refractivity contribution in [2.45, 2.75) is 45.6 Å². The van der Waals surface area contributed by atoms with Crippen molar-refractivity contribution in [1.82, 2.24) is 0 Å². The Labute approximate surface area is 176 Å². The average molecular weight is 419 g/mol. The maximum absolute atomic E-state index is 6.21. The molecule has 0 aromatic heterocycles. The van der Waals surface area contributed by atoms with Gasteiger partial charge in [0.1, 0.15) is 20.4 Å². The van der Waals surface area contributed by atoms with Gasteiger partial charge in [0.25, 0.3) is 0 Å². The number of benzene rings is 2. The van der Waals surface area contributed by atoms with Crippen molar-refractivity contribution in [2.24, 2.45) is 0 Å². The van der Waals surface area contributed by atoms with Gasteiger partial charge in [-0.1, -0.05) is 48.6 Å². The van der Waals surface area contributed by atoms with Gasteiger partial charge in [-0.05, 0) is 77.6 Å². The Hall–Kier alpha value is -1.89. The molecule has 0 bridgehead atoms. The first-order valence-corrected chi connectivity index (χ1v) is 17.1. The molecule has 2 aromatic rings. The van der Waals surface area contributed by atoms with E-state index in [9.17, 15) is 0 Å². The van der Waals surface area contributed by atoms with E-state index in [0.717, 1.165) is 18.6 Å². The van der Waals surface area contributed by atoms with Gasteiger partial charge in [0, 0.05) is 5.57 Å². The first-order valence-electron chi connectivity index (χ1n) is 10.7. The minimum Gasteiger partial charge on any atom is -0.491 e. The summed E-state index contributed by atoms with van der Waals surface area (Å²) < 4.78 is 12.2. The molecular weight excluding hydrogens is 388 g/mol. The quantitative estimate of drug-likeness (QED) is 0.417. The van der Waals surface area contributed by atoms with Gasteiger partial charge < -0.3 is 9.16 Å². The van der Waals surface area contributed by atoms with Crippen molar-refractivity contribution < 1.29 is 9.16 Å². The Morgan fingerprint density at radius 1 is 0.966 bits per heavy atom. The molecule has 0 spiro atoms. The maximum atomic E-state index is 6.21. The second-order valence-corrected chi connectivity index (χ2v) is 18.7. The summed E-state index contributed by atoms with van der Waals surface area (Å²) in [6.07, 6.45) is 6.49. The van der Waals surface area contributed by atoms with Crippen LogP contribution in [0.15, 0.2) is 48.2 Å². The highest BCUT2D eigenvalue weighted by Gasteiger charge is 2.50. The van der Waals surface area contributed by atoms with Crippen LogP contribution in [-0.4, -0.2) is 29.6 Å². The summed E-state index contributed by atoms with van der Waals surface area (Å²) in [4.78, 5) is 0. The van der Waals surface area contributed by atoms with Crippen molar-refractivity contribution in [3.05, 3.63) is 64.9 Å². The summed E-state index contributed by atoms with van der Waals surface area (Å²) in [5.41, 5.74) is 8.82. The zero-order chi connectivity index (χ0) is 20.4. The molecule has 0 amide bonds. The van der Waals surface area contributed by atoms with E-state index in [-0.39, 0.29) is 0 Å². The Bertz CT molecular complexity index is 1070. The van der Waals surface area contributed by atoms with Crippen LogP contribution < -0.4 is 10.4 Å². The summed E-state index contributed by atoms with van der Waals surface area (Å²) in [5.74, 6) is 1.05. The van der Waals surface area contributed by atoms with Crippen LogP contribution in [0.4, 0.5) is 0 Å². The van der Waals surface area contributed by atoms with Gasteiger partial charge >= 0.3 is 0 Å². The Balaban J connectivity index is 1.50. The normalized spacial score (nSPS) is 18.0. The van der Waals surface area contributed by atoms with Crippen LogP contribution >= 0.6 is 0 Å². The highest BCUT2D eigenvalue weighted by Crippen LogP contribution is 2.43. The molecule has 2 aliphatic carbocycles. The van der Waals surface area contributed by atoms with Gasteiger partial charge in [-0.25, -0.2) is 0 Å². The van der Waals surface area contributed by atoms with E-state index in [1.54, 1.807) is 15.9 Å². The fourth-order valence-corrected chi connectivity index (χ4v) is 9.60. The predicted molar refractivity (Wildman–Crippen MR) is 127 cm³/mol. The molecule has 0 fully saturated rings. The van der Waals surface area contributed by atoms with Crippen LogP contribution in [0.2, 0.25) is 32.7 Å². The zero-order valence-electron chi connectivity index (χ0n) is 18.2. The molecule has 5 rings (SSSR count). The largest absolute Gasteiger partial charge is 0.491 e. The van der Waals surface area contributed by atoms with E-state index in [2.05, 4.69) is 75.2 Å². The Morgan fingerprint density at radius 3 is 2.55 bits per heavy atom. The molecule has 0 radical (unpaired) electrons. The highest BCUT2D eigenvalue weighted by molar-refractivity contribution is 7.16. The third kappa shape index (κ3) is 3.18. The van der Waals surface area contributed by atoms with Crippen molar-refractivity contribution >= 4 is 32.3 Å². The minimum absolute atomic E-state index is 0.629. The molecule has 0 N–H and O–H groups in total. The van der Waals surface area contributed by atoms with Gasteiger partial charge in [-0.3, -0.25) is 0 Å². The average Bonchev–Trinajstić information content (AvgIpc) is 3.02. The Kier molecular flexibility index (Phi) is 4.32. The van der Waals surface area contributed by atoms with Crippen molar-refractivity contribution in [2.75, 3.05) is 13.2 Å². The fraction of sp³-hybridized carbons (Fsp3) is 0.360. The van der Waals surface area contributed by atoms with Crippen LogP contribution in [0, 0.1) is 0 Å². The number of allylic oxidation sites excluding steroid dienone is 3. The number of ether oxygens (including phenoxy) is 1. The lowest BCUT2D eigenvalue weighted by atomic mass is 9.98. The molecular formula is C25H30O2Si2. The number of hydrogen-bond acceptors (Lipinski definition) is 2. The Morgan fingerprint density at radius 2 is 1.76 bits per heavy atom. The summed E-state index contributed by atoms with van der Waals surface area (Å²) in [5, 5.41) is 3.38. The van der Waals surface area contributed by atoms with Crippen molar-refractivity contribution in [3.63, 3.8) is 0 Å².